The molecule has 0 amide bonds. The van der Waals surface area contributed by atoms with Crippen LogP contribution in [0, 0.1) is 0 Å². The van der Waals surface area contributed by atoms with Gasteiger partial charge in [-0.1, -0.05) is 11.6 Å². The molecule has 5 heteroatoms. The van der Waals surface area contributed by atoms with Gasteiger partial charge in [-0.05, 0) is 30.3 Å². The van der Waals surface area contributed by atoms with Crippen molar-refractivity contribution >= 4 is 22.6 Å². The number of furan rings is 1. The number of ether oxygens (including phenoxy) is 1. The van der Waals surface area contributed by atoms with Gasteiger partial charge in [0.15, 0.2) is 0 Å². The minimum atomic E-state index is -0.417. The van der Waals surface area contributed by atoms with Gasteiger partial charge < -0.3 is 14.9 Å². The minimum Gasteiger partial charge on any atom is -0.495 e. The summed E-state index contributed by atoms with van der Waals surface area (Å²) in [5.74, 6) is 1.30. The van der Waals surface area contributed by atoms with Crippen molar-refractivity contribution < 1.29 is 9.15 Å². The number of methoxy groups -OCH3 is 1. The Labute approximate surface area is 121 Å². The molecule has 0 aliphatic heterocycles. The Morgan fingerprint density at radius 2 is 2.15 bits per heavy atom. The Morgan fingerprint density at radius 3 is 2.95 bits per heavy atom. The first-order chi connectivity index (χ1) is 9.69. The molecule has 2 N–H and O–H groups in total. The number of rotatable bonds is 3. The van der Waals surface area contributed by atoms with Crippen molar-refractivity contribution in [3.63, 3.8) is 0 Å². The number of hydrogen-bond acceptors (Lipinski definition) is 4. The van der Waals surface area contributed by atoms with Gasteiger partial charge in [0.2, 0.25) is 0 Å². The summed E-state index contributed by atoms with van der Waals surface area (Å²) in [6.07, 6.45) is 3.31. The van der Waals surface area contributed by atoms with Crippen LogP contribution in [0.2, 0.25) is 5.02 Å². The van der Waals surface area contributed by atoms with Gasteiger partial charge in [-0.3, -0.25) is 4.98 Å². The fraction of sp³-hybridized carbons (Fsp3) is 0.133. The van der Waals surface area contributed by atoms with Gasteiger partial charge in [0.1, 0.15) is 17.1 Å². The van der Waals surface area contributed by atoms with Crippen LogP contribution in [-0.2, 0) is 0 Å². The van der Waals surface area contributed by atoms with E-state index in [1.807, 2.05) is 24.3 Å². The monoisotopic (exact) mass is 288 g/mol. The highest BCUT2D eigenvalue weighted by molar-refractivity contribution is 6.31. The number of nitrogens with two attached hydrogens (primary N) is 1. The normalized spacial score (nSPS) is 12.6. The zero-order valence-corrected chi connectivity index (χ0v) is 11.6. The number of pyridine rings is 1. The van der Waals surface area contributed by atoms with Gasteiger partial charge in [0.05, 0.1) is 19.3 Å². The highest BCUT2D eigenvalue weighted by atomic mass is 35.5. The number of benzene rings is 1. The summed E-state index contributed by atoms with van der Waals surface area (Å²) in [4.78, 5) is 4.02. The maximum atomic E-state index is 6.26. The zero-order chi connectivity index (χ0) is 14.1. The molecule has 0 saturated carbocycles. The SMILES string of the molecule is COc1cnccc1C(N)c1cc2cc(Cl)ccc2o1. The molecule has 0 aliphatic carbocycles. The van der Waals surface area contributed by atoms with Gasteiger partial charge in [-0.25, -0.2) is 0 Å². The van der Waals surface area contributed by atoms with E-state index in [0.717, 1.165) is 16.5 Å². The number of fused-ring (bicyclic) bond motifs is 1. The Kier molecular flexibility index (Phi) is 3.34. The van der Waals surface area contributed by atoms with E-state index in [9.17, 15) is 0 Å². The predicted octanol–water partition coefficient (Wildman–Crippen LogP) is 3.54. The molecule has 1 atom stereocenters. The second-order valence-corrected chi connectivity index (χ2v) is 4.86. The highest BCUT2D eigenvalue weighted by Crippen LogP contribution is 2.31. The summed E-state index contributed by atoms with van der Waals surface area (Å²) in [7, 11) is 1.59. The molecule has 1 unspecified atom stereocenters. The molecule has 3 rings (SSSR count). The van der Waals surface area contributed by atoms with Crippen molar-refractivity contribution in [2.24, 2.45) is 5.73 Å². The molecule has 20 heavy (non-hydrogen) atoms. The highest BCUT2D eigenvalue weighted by Gasteiger charge is 2.18. The molecule has 0 spiro atoms. The van der Waals surface area contributed by atoms with Crippen LogP contribution < -0.4 is 10.5 Å². The fourth-order valence-electron chi connectivity index (χ4n) is 2.16. The molecule has 2 aromatic heterocycles. The average molecular weight is 289 g/mol. The smallest absolute Gasteiger partial charge is 0.142 e. The Hall–Kier alpha value is -2.04. The molecule has 4 nitrogen and oxygen atoms in total. The van der Waals surface area contributed by atoms with E-state index >= 15 is 0 Å². The largest absolute Gasteiger partial charge is 0.495 e. The molecule has 0 radical (unpaired) electrons. The van der Waals surface area contributed by atoms with Gasteiger partial charge in [-0.15, -0.1) is 0 Å². The summed E-state index contributed by atoms with van der Waals surface area (Å²) in [6.45, 7) is 0. The second kappa shape index (κ2) is 5.15. The topological polar surface area (TPSA) is 61.3 Å². The first-order valence-corrected chi connectivity index (χ1v) is 6.49. The molecule has 1 aromatic carbocycles. The molecule has 0 bridgehead atoms. The summed E-state index contributed by atoms with van der Waals surface area (Å²) in [5, 5.41) is 1.59. The molecule has 0 aliphatic rings. The molecule has 3 aromatic rings. The molecular weight excluding hydrogens is 276 g/mol. The second-order valence-electron chi connectivity index (χ2n) is 4.43. The number of nitrogens with zero attached hydrogens (tertiary/aromatic N) is 1. The lowest BCUT2D eigenvalue weighted by atomic mass is 10.1. The summed E-state index contributed by atoms with van der Waals surface area (Å²) in [5.41, 5.74) is 7.84. The van der Waals surface area contributed by atoms with Crippen molar-refractivity contribution in [3.05, 3.63) is 59.1 Å². The van der Waals surface area contributed by atoms with Crippen LogP contribution in [0.3, 0.4) is 0 Å². The maximum absolute atomic E-state index is 6.26. The van der Waals surface area contributed by atoms with Crippen LogP contribution in [-0.4, -0.2) is 12.1 Å². The van der Waals surface area contributed by atoms with Crippen LogP contribution in [0.25, 0.3) is 11.0 Å². The van der Waals surface area contributed by atoms with Crippen molar-refractivity contribution in [3.8, 4) is 5.75 Å². The number of halogens is 1. The van der Waals surface area contributed by atoms with Crippen molar-refractivity contribution in [1.82, 2.24) is 4.98 Å². The number of aromatic nitrogens is 1. The quantitative estimate of drug-likeness (QED) is 0.801. The van der Waals surface area contributed by atoms with Crippen molar-refractivity contribution in [2.45, 2.75) is 6.04 Å². The third kappa shape index (κ3) is 2.24. The van der Waals surface area contributed by atoms with Crippen LogP contribution in [0.5, 0.6) is 5.75 Å². The van der Waals surface area contributed by atoms with Gasteiger partial charge >= 0.3 is 0 Å². The molecule has 0 fully saturated rings. The third-order valence-corrected chi connectivity index (χ3v) is 3.41. The van der Waals surface area contributed by atoms with Gasteiger partial charge in [0, 0.05) is 22.2 Å². The average Bonchev–Trinajstić information content (AvgIpc) is 2.89. The molecule has 2 heterocycles. The lowest BCUT2D eigenvalue weighted by Crippen LogP contribution is -2.12. The summed E-state index contributed by atoms with van der Waals surface area (Å²) >= 11 is 5.97. The molecule has 102 valence electrons. The predicted molar refractivity (Wildman–Crippen MR) is 78.0 cm³/mol. The molecular formula is C15H13ClN2O2. The Bertz CT molecular complexity index is 754. The van der Waals surface area contributed by atoms with E-state index in [0.29, 0.717) is 16.5 Å². The van der Waals surface area contributed by atoms with E-state index in [2.05, 4.69) is 4.98 Å². The lowest BCUT2D eigenvalue weighted by molar-refractivity contribution is 0.402. The van der Waals surface area contributed by atoms with Gasteiger partial charge in [-0.2, -0.15) is 0 Å². The van der Waals surface area contributed by atoms with E-state index in [-0.39, 0.29) is 0 Å². The molecule has 0 saturated heterocycles. The van der Waals surface area contributed by atoms with Crippen molar-refractivity contribution in [1.29, 1.82) is 0 Å². The van der Waals surface area contributed by atoms with Crippen LogP contribution in [0.15, 0.2) is 47.1 Å². The van der Waals surface area contributed by atoms with E-state index < -0.39 is 6.04 Å². The standard InChI is InChI=1S/C15H13ClN2O2/c1-19-14-8-18-5-4-11(14)15(17)13-7-9-6-10(16)2-3-12(9)20-13/h2-8,15H,17H2,1H3. The lowest BCUT2D eigenvalue weighted by Gasteiger charge is -2.12. The maximum Gasteiger partial charge on any atom is 0.142 e. The summed E-state index contributed by atoms with van der Waals surface area (Å²) < 4.78 is 11.1. The van der Waals surface area contributed by atoms with Crippen molar-refractivity contribution in [2.75, 3.05) is 7.11 Å². The zero-order valence-electron chi connectivity index (χ0n) is 10.8. The first-order valence-electron chi connectivity index (χ1n) is 6.11. The Balaban J connectivity index is 2.05. The van der Waals surface area contributed by atoms with E-state index in [1.54, 1.807) is 25.6 Å². The van der Waals surface area contributed by atoms with E-state index in [4.69, 9.17) is 26.5 Å². The van der Waals surface area contributed by atoms with E-state index in [1.165, 1.54) is 0 Å². The van der Waals surface area contributed by atoms with Crippen LogP contribution in [0.1, 0.15) is 17.4 Å². The van der Waals surface area contributed by atoms with Crippen LogP contribution in [0.4, 0.5) is 0 Å². The first kappa shape index (κ1) is 13.0. The third-order valence-electron chi connectivity index (χ3n) is 3.18. The summed E-state index contributed by atoms with van der Waals surface area (Å²) in [6, 6.07) is 8.77. The van der Waals surface area contributed by atoms with Gasteiger partial charge in [0.25, 0.3) is 0 Å². The fourth-order valence-corrected chi connectivity index (χ4v) is 2.34. The minimum absolute atomic E-state index is 0.417. The van der Waals surface area contributed by atoms with Crippen LogP contribution >= 0.6 is 11.6 Å². The Morgan fingerprint density at radius 1 is 1.30 bits per heavy atom. The number of hydrogen-bond donors (Lipinski definition) is 1.